The third-order valence-electron chi connectivity index (χ3n) is 2.93. The third kappa shape index (κ3) is 2.26. The van der Waals surface area contributed by atoms with E-state index in [1.165, 1.54) is 19.3 Å². The summed E-state index contributed by atoms with van der Waals surface area (Å²) in [6.45, 7) is 4.69. The molecule has 0 unspecified atom stereocenters. The first-order chi connectivity index (χ1) is 7.31. The van der Waals surface area contributed by atoms with Crippen LogP contribution < -0.4 is 10.6 Å². The summed E-state index contributed by atoms with van der Waals surface area (Å²) in [4.78, 5) is 11.1. The van der Waals surface area contributed by atoms with E-state index in [1.54, 1.807) is 0 Å². The molecule has 1 saturated heterocycles. The molecule has 0 radical (unpaired) electrons. The van der Waals surface area contributed by atoms with Gasteiger partial charge in [-0.15, -0.1) is 0 Å². The second kappa shape index (κ2) is 4.57. The molecule has 2 rings (SSSR count). The van der Waals surface area contributed by atoms with Crippen molar-refractivity contribution in [1.82, 2.24) is 9.97 Å². The fraction of sp³-hybridized carbons (Fsp3) is 0.636. The maximum Gasteiger partial charge on any atom is 0.225 e. The van der Waals surface area contributed by atoms with Gasteiger partial charge in [-0.3, -0.25) is 0 Å². The first kappa shape index (κ1) is 10.4. The van der Waals surface area contributed by atoms with E-state index in [-0.39, 0.29) is 0 Å². The van der Waals surface area contributed by atoms with Crippen molar-refractivity contribution >= 4 is 5.95 Å². The molecule has 1 aliphatic heterocycles. The monoisotopic (exact) mass is 206 g/mol. The van der Waals surface area contributed by atoms with Crippen LogP contribution in [-0.2, 0) is 6.54 Å². The van der Waals surface area contributed by atoms with Gasteiger partial charge in [-0.1, -0.05) is 0 Å². The molecule has 0 aromatic carbocycles. The van der Waals surface area contributed by atoms with Crippen molar-refractivity contribution in [2.45, 2.75) is 32.7 Å². The van der Waals surface area contributed by atoms with Crippen LogP contribution in [0.25, 0.3) is 0 Å². The van der Waals surface area contributed by atoms with Crippen LogP contribution in [0.15, 0.2) is 6.20 Å². The highest BCUT2D eigenvalue weighted by Gasteiger charge is 2.13. The van der Waals surface area contributed by atoms with E-state index in [0.29, 0.717) is 6.54 Å². The predicted octanol–water partition coefficient (Wildman–Crippen LogP) is 1.23. The lowest BCUT2D eigenvalue weighted by atomic mass is 10.1. The number of anilines is 1. The molecule has 0 saturated carbocycles. The van der Waals surface area contributed by atoms with Crippen LogP contribution in [0.4, 0.5) is 5.95 Å². The Kier molecular flexibility index (Phi) is 3.16. The Morgan fingerprint density at radius 1 is 1.33 bits per heavy atom. The molecule has 15 heavy (non-hydrogen) atoms. The van der Waals surface area contributed by atoms with Gasteiger partial charge in [0.15, 0.2) is 0 Å². The van der Waals surface area contributed by atoms with Gasteiger partial charge in [0.1, 0.15) is 0 Å². The van der Waals surface area contributed by atoms with Crippen LogP contribution in [0.3, 0.4) is 0 Å². The molecule has 4 heteroatoms. The zero-order chi connectivity index (χ0) is 10.7. The Balaban J connectivity index is 2.17. The summed E-state index contributed by atoms with van der Waals surface area (Å²) in [6.07, 6.45) is 5.69. The first-order valence-electron chi connectivity index (χ1n) is 5.59. The number of hydrogen-bond acceptors (Lipinski definition) is 4. The van der Waals surface area contributed by atoms with Crippen LogP contribution in [0.2, 0.25) is 0 Å². The lowest BCUT2D eigenvalue weighted by molar-refractivity contribution is 0.567. The van der Waals surface area contributed by atoms with Crippen LogP contribution in [0.1, 0.15) is 30.5 Å². The molecule has 1 fully saturated rings. The summed E-state index contributed by atoms with van der Waals surface area (Å²) in [5, 5.41) is 0. The summed E-state index contributed by atoms with van der Waals surface area (Å²) in [5.74, 6) is 0.865. The van der Waals surface area contributed by atoms with Gasteiger partial charge in [0, 0.05) is 37.1 Å². The van der Waals surface area contributed by atoms with Crippen LogP contribution in [-0.4, -0.2) is 23.1 Å². The van der Waals surface area contributed by atoms with Gasteiger partial charge in [-0.25, -0.2) is 9.97 Å². The Labute approximate surface area is 90.5 Å². The van der Waals surface area contributed by atoms with Gasteiger partial charge < -0.3 is 10.6 Å². The van der Waals surface area contributed by atoms with E-state index >= 15 is 0 Å². The van der Waals surface area contributed by atoms with Crippen molar-refractivity contribution in [2.24, 2.45) is 5.73 Å². The Morgan fingerprint density at radius 3 is 2.67 bits per heavy atom. The van der Waals surface area contributed by atoms with E-state index in [9.17, 15) is 0 Å². The van der Waals surface area contributed by atoms with Crippen molar-refractivity contribution in [3.8, 4) is 0 Å². The molecule has 0 bridgehead atoms. The average Bonchev–Trinajstić information content (AvgIpc) is 2.30. The summed E-state index contributed by atoms with van der Waals surface area (Å²) < 4.78 is 0. The number of aromatic nitrogens is 2. The zero-order valence-electron chi connectivity index (χ0n) is 9.24. The van der Waals surface area contributed by atoms with E-state index in [1.807, 2.05) is 13.1 Å². The maximum atomic E-state index is 5.59. The minimum Gasteiger partial charge on any atom is -0.341 e. The van der Waals surface area contributed by atoms with Crippen molar-refractivity contribution in [3.63, 3.8) is 0 Å². The van der Waals surface area contributed by atoms with Crippen molar-refractivity contribution < 1.29 is 0 Å². The highest BCUT2D eigenvalue weighted by Crippen LogP contribution is 2.16. The van der Waals surface area contributed by atoms with Gasteiger partial charge in [0.05, 0.1) is 0 Å². The normalized spacial score (nSPS) is 16.8. The van der Waals surface area contributed by atoms with E-state index in [4.69, 9.17) is 5.73 Å². The molecule has 4 nitrogen and oxygen atoms in total. The molecule has 1 aliphatic rings. The van der Waals surface area contributed by atoms with Crippen molar-refractivity contribution in [1.29, 1.82) is 0 Å². The number of nitrogens with two attached hydrogens (primary N) is 1. The first-order valence-corrected chi connectivity index (χ1v) is 5.59. The summed E-state index contributed by atoms with van der Waals surface area (Å²) >= 11 is 0. The van der Waals surface area contributed by atoms with E-state index < -0.39 is 0 Å². The highest BCUT2D eigenvalue weighted by molar-refractivity contribution is 5.33. The number of piperidine rings is 1. The number of rotatable bonds is 2. The lowest BCUT2D eigenvalue weighted by Gasteiger charge is -2.26. The summed E-state index contributed by atoms with van der Waals surface area (Å²) in [5.41, 5.74) is 7.63. The topological polar surface area (TPSA) is 55.0 Å². The molecule has 0 spiro atoms. The molecule has 0 atom stereocenters. The molecular weight excluding hydrogens is 188 g/mol. The Morgan fingerprint density at radius 2 is 2.07 bits per heavy atom. The number of hydrogen-bond donors (Lipinski definition) is 1. The van der Waals surface area contributed by atoms with Crippen molar-refractivity contribution in [2.75, 3.05) is 18.0 Å². The average molecular weight is 206 g/mol. The van der Waals surface area contributed by atoms with Gasteiger partial charge in [0.25, 0.3) is 0 Å². The molecule has 82 valence electrons. The molecule has 2 N–H and O–H groups in total. The highest BCUT2D eigenvalue weighted by atomic mass is 15.2. The summed E-state index contributed by atoms with van der Waals surface area (Å²) in [7, 11) is 0. The molecule has 1 aromatic heterocycles. The fourth-order valence-corrected chi connectivity index (χ4v) is 1.93. The smallest absolute Gasteiger partial charge is 0.225 e. The predicted molar refractivity (Wildman–Crippen MR) is 60.7 cm³/mol. The molecular formula is C11H18N4. The second-order valence-corrected chi connectivity index (χ2v) is 4.03. The van der Waals surface area contributed by atoms with Crippen LogP contribution >= 0.6 is 0 Å². The second-order valence-electron chi connectivity index (χ2n) is 4.03. The lowest BCUT2D eigenvalue weighted by Crippen LogP contribution is -2.31. The Hall–Kier alpha value is -1.16. The quantitative estimate of drug-likeness (QED) is 0.791. The van der Waals surface area contributed by atoms with E-state index in [0.717, 1.165) is 30.3 Å². The Bertz CT molecular complexity index is 331. The summed E-state index contributed by atoms with van der Waals surface area (Å²) in [6, 6.07) is 0. The van der Waals surface area contributed by atoms with Gasteiger partial charge in [-0.2, -0.15) is 0 Å². The van der Waals surface area contributed by atoms with Crippen LogP contribution in [0, 0.1) is 6.92 Å². The fourth-order valence-electron chi connectivity index (χ4n) is 1.93. The van der Waals surface area contributed by atoms with E-state index in [2.05, 4.69) is 14.9 Å². The van der Waals surface area contributed by atoms with Crippen LogP contribution in [0.5, 0.6) is 0 Å². The minimum atomic E-state index is 0.520. The number of aryl methyl sites for hydroxylation is 1. The molecule has 0 aliphatic carbocycles. The van der Waals surface area contributed by atoms with Gasteiger partial charge in [0.2, 0.25) is 5.95 Å². The standard InChI is InChI=1S/C11H18N4/c1-9-10(7-12)8-13-11(14-9)15-5-3-2-4-6-15/h8H,2-7,12H2,1H3. The molecule has 1 aromatic rings. The third-order valence-corrected chi connectivity index (χ3v) is 2.93. The SMILES string of the molecule is Cc1nc(N2CCCCC2)ncc1CN. The van der Waals surface area contributed by atoms with Crippen molar-refractivity contribution in [3.05, 3.63) is 17.5 Å². The molecule has 2 heterocycles. The van der Waals surface area contributed by atoms with Gasteiger partial charge in [-0.05, 0) is 26.2 Å². The molecule has 0 amide bonds. The minimum absolute atomic E-state index is 0.520. The van der Waals surface area contributed by atoms with Gasteiger partial charge >= 0.3 is 0 Å². The number of nitrogens with zero attached hydrogens (tertiary/aromatic N) is 3. The maximum absolute atomic E-state index is 5.59. The zero-order valence-corrected chi connectivity index (χ0v) is 9.24. The largest absolute Gasteiger partial charge is 0.341 e.